The van der Waals surface area contributed by atoms with Crippen molar-refractivity contribution in [1.29, 1.82) is 0 Å². The highest BCUT2D eigenvalue weighted by Gasteiger charge is 2.39. The van der Waals surface area contributed by atoms with Crippen molar-refractivity contribution in [3.05, 3.63) is 0 Å². The number of nitrogens with one attached hydrogen (secondary N) is 1. The van der Waals surface area contributed by atoms with Gasteiger partial charge in [-0.05, 0) is 52.0 Å². The second kappa shape index (κ2) is 5.71. The van der Waals surface area contributed by atoms with Crippen molar-refractivity contribution < 1.29 is 0 Å². The highest BCUT2D eigenvalue weighted by Crippen LogP contribution is 2.36. The van der Waals surface area contributed by atoms with Gasteiger partial charge < -0.3 is 5.32 Å². The van der Waals surface area contributed by atoms with Crippen LogP contribution in [0.4, 0.5) is 0 Å². The van der Waals surface area contributed by atoms with E-state index in [9.17, 15) is 0 Å². The SMILES string of the molecule is CNC1CC2CCCC(C1)N2C(C)CC(C)C. The number of fused-ring (bicyclic) bond motifs is 2. The summed E-state index contributed by atoms with van der Waals surface area (Å²) in [7, 11) is 2.13. The fourth-order valence-electron chi connectivity index (χ4n) is 4.18. The van der Waals surface area contributed by atoms with Gasteiger partial charge in [-0.3, -0.25) is 4.90 Å². The highest BCUT2D eigenvalue weighted by molar-refractivity contribution is 4.96. The van der Waals surface area contributed by atoms with E-state index >= 15 is 0 Å². The molecule has 0 aliphatic carbocycles. The van der Waals surface area contributed by atoms with Crippen molar-refractivity contribution in [2.75, 3.05) is 7.05 Å². The molecule has 2 heteroatoms. The van der Waals surface area contributed by atoms with Gasteiger partial charge in [-0.2, -0.15) is 0 Å². The second-order valence-electron chi connectivity index (χ2n) is 6.62. The van der Waals surface area contributed by atoms with Crippen molar-refractivity contribution >= 4 is 0 Å². The topological polar surface area (TPSA) is 15.3 Å². The maximum atomic E-state index is 3.51. The maximum Gasteiger partial charge on any atom is 0.0116 e. The minimum absolute atomic E-state index is 0.771. The minimum atomic E-state index is 0.771. The average Bonchev–Trinajstić information content (AvgIpc) is 2.26. The van der Waals surface area contributed by atoms with E-state index in [0.717, 1.165) is 30.1 Å². The lowest BCUT2D eigenvalue weighted by molar-refractivity contribution is -0.00998. The molecule has 2 bridgehead atoms. The molecule has 17 heavy (non-hydrogen) atoms. The fourth-order valence-corrected chi connectivity index (χ4v) is 4.18. The van der Waals surface area contributed by atoms with Crippen molar-refractivity contribution in [3.8, 4) is 0 Å². The van der Waals surface area contributed by atoms with Crippen molar-refractivity contribution in [1.82, 2.24) is 10.2 Å². The van der Waals surface area contributed by atoms with E-state index in [1.165, 1.54) is 38.5 Å². The summed E-state index contributed by atoms with van der Waals surface area (Å²) in [6.07, 6.45) is 8.41. The summed E-state index contributed by atoms with van der Waals surface area (Å²) in [6.45, 7) is 7.16. The molecule has 2 aliphatic heterocycles. The Kier molecular flexibility index (Phi) is 4.48. The first-order valence-corrected chi connectivity index (χ1v) is 7.56. The Balaban J connectivity index is 2.02. The Bertz CT molecular complexity index is 225. The standard InChI is InChI=1S/C15H30N2/c1-11(2)8-12(3)17-14-6-5-7-15(17)10-13(9-14)16-4/h11-16H,5-10H2,1-4H3. The number of hydrogen-bond acceptors (Lipinski definition) is 2. The molecule has 0 aromatic rings. The van der Waals surface area contributed by atoms with Gasteiger partial charge in [0.1, 0.15) is 0 Å². The number of rotatable bonds is 4. The predicted molar refractivity (Wildman–Crippen MR) is 74.3 cm³/mol. The van der Waals surface area contributed by atoms with Crippen LogP contribution < -0.4 is 5.32 Å². The van der Waals surface area contributed by atoms with Crippen LogP contribution in [-0.4, -0.2) is 36.1 Å². The Morgan fingerprint density at radius 2 is 1.71 bits per heavy atom. The summed E-state index contributed by atoms with van der Waals surface area (Å²) < 4.78 is 0. The quantitative estimate of drug-likeness (QED) is 0.810. The van der Waals surface area contributed by atoms with Crippen LogP contribution in [0.1, 0.15) is 59.3 Å². The number of hydrogen-bond donors (Lipinski definition) is 1. The third-order valence-electron chi connectivity index (χ3n) is 4.76. The molecule has 2 nitrogen and oxygen atoms in total. The third kappa shape index (κ3) is 3.03. The van der Waals surface area contributed by atoms with Gasteiger partial charge in [0.25, 0.3) is 0 Å². The van der Waals surface area contributed by atoms with Crippen LogP contribution >= 0.6 is 0 Å². The van der Waals surface area contributed by atoms with Crippen LogP contribution in [0.25, 0.3) is 0 Å². The Hall–Kier alpha value is -0.0800. The van der Waals surface area contributed by atoms with Gasteiger partial charge in [-0.25, -0.2) is 0 Å². The molecule has 2 aliphatic rings. The first kappa shape index (κ1) is 13.4. The lowest BCUT2D eigenvalue weighted by atomic mass is 9.80. The molecule has 3 unspecified atom stereocenters. The molecule has 0 aromatic heterocycles. The van der Waals surface area contributed by atoms with Gasteiger partial charge in [0, 0.05) is 24.2 Å². The van der Waals surface area contributed by atoms with Crippen LogP contribution in [0, 0.1) is 5.92 Å². The molecular formula is C15H30N2. The molecule has 2 saturated heterocycles. The van der Waals surface area contributed by atoms with Crippen molar-refractivity contribution in [2.45, 2.75) is 83.5 Å². The molecule has 2 heterocycles. The fraction of sp³-hybridized carbons (Fsp3) is 1.00. The highest BCUT2D eigenvalue weighted by atomic mass is 15.2. The molecule has 3 atom stereocenters. The van der Waals surface area contributed by atoms with Crippen molar-refractivity contribution in [3.63, 3.8) is 0 Å². The molecule has 0 amide bonds. The van der Waals surface area contributed by atoms with Crippen LogP contribution in [0.5, 0.6) is 0 Å². The molecule has 1 N–H and O–H groups in total. The van der Waals surface area contributed by atoms with Gasteiger partial charge in [-0.1, -0.05) is 20.3 Å². The van der Waals surface area contributed by atoms with Crippen LogP contribution in [0.2, 0.25) is 0 Å². The largest absolute Gasteiger partial charge is 0.317 e. The van der Waals surface area contributed by atoms with E-state index in [1.807, 2.05) is 0 Å². The van der Waals surface area contributed by atoms with Gasteiger partial charge in [0.05, 0.1) is 0 Å². The van der Waals surface area contributed by atoms with E-state index in [2.05, 4.69) is 38.0 Å². The van der Waals surface area contributed by atoms with Crippen LogP contribution in [-0.2, 0) is 0 Å². The Morgan fingerprint density at radius 3 is 2.18 bits per heavy atom. The average molecular weight is 238 g/mol. The Morgan fingerprint density at radius 1 is 1.12 bits per heavy atom. The molecule has 2 fully saturated rings. The minimum Gasteiger partial charge on any atom is -0.317 e. The molecule has 100 valence electrons. The first-order valence-electron chi connectivity index (χ1n) is 7.56. The van der Waals surface area contributed by atoms with Gasteiger partial charge >= 0.3 is 0 Å². The van der Waals surface area contributed by atoms with Gasteiger partial charge in [-0.15, -0.1) is 0 Å². The summed E-state index contributed by atoms with van der Waals surface area (Å²) in [5.74, 6) is 0.827. The Labute approximate surface area is 107 Å². The zero-order chi connectivity index (χ0) is 12.4. The molecule has 0 radical (unpaired) electrons. The van der Waals surface area contributed by atoms with Gasteiger partial charge in [0.15, 0.2) is 0 Å². The maximum absolute atomic E-state index is 3.51. The summed E-state index contributed by atoms with van der Waals surface area (Å²) >= 11 is 0. The zero-order valence-corrected chi connectivity index (χ0v) is 12.1. The van der Waals surface area contributed by atoms with Gasteiger partial charge in [0.2, 0.25) is 0 Å². The van der Waals surface area contributed by atoms with E-state index in [4.69, 9.17) is 0 Å². The summed E-state index contributed by atoms with van der Waals surface area (Å²) in [6, 6.07) is 3.26. The summed E-state index contributed by atoms with van der Waals surface area (Å²) in [4.78, 5) is 2.87. The van der Waals surface area contributed by atoms with E-state index in [-0.39, 0.29) is 0 Å². The molecule has 2 rings (SSSR count). The number of piperidine rings is 2. The lowest BCUT2D eigenvalue weighted by Crippen LogP contribution is -2.58. The van der Waals surface area contributed by atoms with Crippen LogP contribution in [0.3, 0.4) is 0 Å². The first-order chi connectivity index (χ1) is 8.11. The third-order valence-corrected chi connectivity index (χ3v) is 4.76. The van der Waals surface area contributed by atoms with E-state index < -0.39 is 0 Å². The van der Waals surface area contributed by atoms with Crippen molar-refractivity contribution in [2.24, 2.45) is 5.92 Å². The normalized spacial score (nSPS) is 36.2. The summed E-state index contributed by atoms with van der Waals surface area (Å²) in [5, 5.41) is 3.51. The zero-order valence-electron chi connectivity index (χ0n) is 12.1. The second-order valence-corrected chi connectivity index (χ2v) is 6.62. The molecule has 0 aromatic carbocycles. The number of nitrogens with zero attached hydrogens (tertiary/aromatic N) is 1. The predicted octanol–water partition coefficient (Wildman–Crippen LogP) is 3.03. The lowest BCUT2D eigenvalue weighted by Gasteiger charge is -2.52. The molecule has 0 saturated carbocycles. The molecular weight excluding hydrogens is 208 g/mol. The smallest absolute Gasteiger partial charge is 0.0116 e. The monoisotopic (exact) mass is 238 g/mol. The summed E-state index contributed by atoms with van der Waals surface area (Å²) in [5.41, 5.74) is 0. The molecule has 0 spiro atoms. The van der Waals surface area contributed by atoms with Crippen LogP contribution in [0.15, 0.2) is 0 Å². The van der Waals surface area contributed by atoms with E-state index in [0.29, 0.717) is 0 Å². The van der Waals surface area contributed by atoms with E-state index in [1.54, 1.807) is 0 Å².